The summed E-state index contributed by atoms with van der Waals surface area (Å²) in [4.78, 5) is 20.8. The van der Waals surface area contributed by atoms with Crippen molar-refractivity contribution in [1.29, 1.82) is 0 Å². The molecule has 0 heterocycles. The van der Waals surface area contributed by atoms with Gasteiger partial charge in [0.1, 0.15) is 0 Å². The number of amides is 1. The summed E-state index contributed by atoms with van der Waals surface area (Å²) >= 11 is 0. The standard InChI is InChI=1S/C11H17N5O3/c12-11(17)3-1-2-4-14-8-5-9(15-13)7-10(6-8)16(18)19/h5-7,14-15H,1-4,13H2,(H2,12,17). The number of rotatable bonds is 8. The first kappa shape index (κ1) is 14.7. The third-order valence-corrected chi connectivity index (χ3v) is 2.47. The maximum absolute atomic E-state index is 10.7. The number of carbonyl (C=O) groups is 1. The highest BCUT2D eigenvalue weighted by Crippen LogP contribution is 2.23. The second-order valence-electron chi connectivity index (χ2n) is 4.02. The Balaban J connectivity index is 2.55. The van der Waals surface area contributed by atoms with Gasteiger partial charge in [-0.2, -0.15) is 0 Å². The van der Waals surface area contributed by atoms with E-state index in [1.165, 1.54) is 12.1 Å². The number of carbonyl (C=O) groups excluding carboxylic acids is 1. The summed E-state index contributed by atoms with van der Waals surface area (Å²) in [5.74, 6) is 4.92. The molecule has 0 atom stereocenters. The highest BCUT2D eigenvalue weighted by atomic mass is 16.6. The van der Waals surface area contributed by atoms with Gasteiger partial charge >= 0.3 is 0 Å². The summed E-state index contributed by atoms with van der Waals surface area (Å²) in [6.45, 7) is 0.596. The van der Waals surface area contributed by atoms with Crippen molar-refractivity contribution in [3.05, 3.63) is 28.3 Å². The molecule has 6 N–H and O–H groups in total. The first-order chi connectivity index (χ1) is 9.02. The zero-order valence-electron chi connectivity index (χ0n) is 10.4. The summed E-state index contributed by atoms with van der Waals surface area (Å²) < 4.78 is 0. The fourth-order valence-electron chi connectivity index (χ4n) is 1.56. The maximum Gasteiger partial charge on any atom is 0.273 e. The van der Waals surface area contributed by atoms with Gasteiger partial charge in [0.05, 0.1) is 10.6 Å². The molecular formula is C11H17N5O3. The van der Waals surface area contributed by atoms with E-state index in [1.807, 2.05) is 0 Å². The third kappa shape index (κ3) is 5.21. The van der Waals surface area contributed by atoms with Crippen LogP contribution in [0.1, 0.15) is 19.3 Å². The molecule has 1 rings (SSSR count). The average Bonchev–Trinajstić information content (AvgIpc) is 2.37. The van der Waals surface area contributed by atoms with Crippen LogP contribution in [0, 0.1) is 10.1 Å². The highest BCUT2D eigenvalue weighted by Gasteiger charge is 2.09. The highest BCUT2D eigenvalue weighted by molar-refractivity contribution is 5.73. The lowest BCUT2D eigenvalue weighted by atomic mass is 10.2. The van der Waals surface area contributed by atoms with Crippen LogP contribution in [0.15, 0.2) is 18.2 Å². The lowest BCUT2D eigenvalue weighted by Gasteiger charge is -2.08. The zero-order valence-corrected chi connectivity index (χ0v) is 10.4. The summed E-state index contributed by atoms with van der Waals surface area (Å²) in [6.07, 6.45) is 1.77. The van der Waals surface area contributed by atoms with E-state index in [0.29, 0.717) is 30.8 Å². The molecule has 0 aliphatic rings. The van der Waals surface area contributed by atoms with Crippen LogP contribution < -0.4 is 22.3 Å². The largest absolute Gasteiger partial charge is 0.385 e. The first-order valence-electron chi connectivity index (χ1n) is 5.81. The molecule has 0 fully saturated rings. The van der Waals surface area contributed by atoms with Crippen LogP contribution in [0.4, 0.5) is 17.1 Å². The monoisotopic (exact) mass is 267 g/mol. The number of anilines is 2. The molecule has 1 amide bonds. The number of nitro groups is 1. The van der Waals surface area contributed by atoms with Crippen LogP contribution in [0.3, 0.4) is 0 Å². The van der Waals surface area contributed by atoms with Crippen LogP contribution >= 0.6 is 0 Å². The molecule has 0 saturated heterocycles. The van der Waals surface area contributed by atoms with Gasteiger partial charge in [-0.1, -0.05) is 0 Å². The lowest BCUT2D eigenvalue weighted by molar-refractivity contribution is -0.384. The van der Waals surface area contributed by atoms with Gasteiger partial charge in [-0.05, 0) is 18.9 Å². The molecule has 0 spiro atoms. The predicted octanol–water partition coefficient (Wildman–Crippen LogP) is 0.948. The molecule has 0 aromatic heterocycles. The number of hydrogen-bond donors (Lipinski definition) is 4. The summed E-state index contributed by atoms with van der Waals surface area (Å²) in [6, 6.07) is 4.44. The van der Waals surface area contributed by atoms with Gasteiger partial charge in [0.2, 0.25) is 5.91 Å². The number of nitrogens with one attached hydrogen (secondary N) is 2. The van der Waals surface area contributed by atoms with Crippen LogP contribution in [0.5, 0.6) is 0 Å². The van der Waals surface area contributed by atoms with E-state index in [0.717, 1.165) is 6.42 Å². The van der Waals surface area contributed by atoms with Crippen LogP contribution in [0.25, 0.3) is 0 Å². The van der Waals surface area contributed by atoms with Crippen molar-refractivity contribution in [2.24, 2.45) is 11.6 Å². The minimum atomic E-state index is -0.487. The Morgan fingerprint density at radius 2 is 1.95 bits per heavy atom. The van der Waals surface area contributed by atoms with Gasteiger partial charge in [0.25, 0.3) is 5.69 Å². The number of hydrogen-bond acceptors (Lipinski definition) is 6. The van der Waals surface area contributed by atoms with Gasteiger partial charge in [-0.3, -0.25) is 20.8 Å². The SMILES string of the molecule is NNc1cc(NCCCCC(N)=O)cc([N+](=O)[O-])c1. The summed E-state index contributed by atoms with van der Waals surface area (Å²) in [7, 11) is 0. The molecule has 8 nitrogen and oxygen atoms in total. The topological polar surface area (TPSA) is 136 Å². The van der Waals surface area contributed by atoms with Crippen molar-refractivity contribution < 1.29 is 9.72 Å². The molecule has 0 saturated carbocycles. The predicted molar refractivity (Wildman–Crippen MR) is 72.4 cm³/mol. The number of non-ortho nitro benzene ring substituents is 1. The van der Waals surface area contributed by atoms with Crippen molar-refractivity contribution in [2.45, 2.75) is 19.3 Å². The Morgan fingerprint density at radius 1 is 1.26 bits per heavy atom. The van der Waals surface area contributed by atoms with E-state index in [4.69, 9.17) is 11.6 Å². The number of unbranched alkanes of at least 4 members (excludes halogenated alkanes) is 1. The Labute approximate surface area is 110 Å². The molecule has 0 aliphatic heterocycles. The van der Waals surface area contributed by atoms with Crippen molar-refractivity contribution in [3.8, 4) is 0 Å². The first-order valence-corrected chi connectivity index (χ1v) is 5.81. The maximum atomic E-state index is 10.7. The van der Waals surface area contributed by atoms with Crippen LogP contribution in [-0.2, 0) is 4.79 Å². The molecule has 1 aromatic rings. The number of primary amides is 1. The van der Waals surface area contributed by atoms with Gasteiger partial charge in [-0.15, -0.1) is 0 Å². The fraction of sp³-hybridized carbons (Fsp3) is 0.364. The van der Waals surface area contributed by atoms with Crippen LogP contribution in [0.2, 0.25) is 0 Å². The Bertz CT molecular complexity index is 464. The quantitative estimate of drug-likeness (QED) is 0.239. The van der Waals surface area contributed by atoms with Crippen molar-refractivity contribution in [3.63, 3.8) is 0 Å². The van der Waals surface area contributed by atoms with Crippen LogP contribution in [-0.4, -0.2) is 17.4 Å². The number of nitro benzene ring substituents is 1. The van der Waals surface area contributed by atoms with E-state index >= 15 is 0 Å². The van der Waals surface area contributed by atoms with Crippen molar-refractivity contribution in [2.75, 3.05) is 17.3 Å². The second kappa shape index (κ2) is 7.17. The molecule has 8 heteroatoms. The number of hydrazine groups is 1. The van der Waals surface area contributed by atoms with E-state index < -0.39 is 4.92 Å². The Hall–Kier alpha value is -2.35. The minimum Gasteiger partial charge on any atom is -0.385 e. The molecule has 0 unspecified atom stereocenters. The Morgan fingerprint density at radius 3 is 2.53 bits per heavy atom. The second-order valence-corrected chi connectivity index (χ2v) is 4.02. The average molecular weight is 267 g/mol. The normalized spacial score (nSPS) is 9.95. The number of benzene rings is 1. The van der Waals surface area contributed by atoms with Gasteiger partial charge in [0.15, 0.2) is 0 Å². The van der Waals surface area contributed by atoms with Crippen molar-refractivity contribution in [1.82, 2.24) is 0 Å². The molecule has 0 aliphatic carbocycles. The van der Waals surface area contributed by atoms with E-state index in [2.05, 4.69) is 10.7 Å². The van der Waals surface area contributed by atoms with Gasteiger partial charge < -0.3 is 16.5 Å². The molecule has 104 valence electrons. The molecular weight excluding hydrogens is 250 g/mol. The van der Waals surface area contributed by atoms with E-state index in [-0.39, 0.29) is 11.6 Å². The molecule has 19 heavy (non-hydrogen) atoms. The van der Waals surface area contributed by atoms with E-state index in [9.17, 15) is 14.9 Å². The van der Waals surface area contributed by atoms with Crippen molar-refractivity contribution >= 4 is 23.0 Å². The summed E-state index contributed by atoms with van der Waals surface area (Å²) in [5, 5.41) is 13.8. The smallest absolute Gasteiger partial charge is 0.273 e. The zero-order chi connectivity index (χ0) is 14.3. The lowest BCUT2D eigenvalue weighted by Crippen LogP contribution is -2.11. The molecule has 0 radical (unpaired) electrons. The minimum absolute atomic E-state index is 0.0462. The van der Waals surface area contributed by atoms with Gasteiger partial charge in [0, 0.05) is 30.8 Å². The molecule has 1 aromatic carbocycles. The Kier molecular flexibility index (Phi) is 5.55. The third-order valence-electron chi connectivity index (χ3n) is 2.47. The van der Waals surface area contributed by atoms with E-state index in [1.54, 1.807) is 6.07 Å². The fourth-order valence-corrected chi connectivity index (χ4v) is 1.56. The number of nitrogens with zero attached hydrogens (tertiary/aromatic N) is 1. The summed E-state index contributed by atoms with van der Waals surface area (Å²) in [5.41, 5.74) is 8.40. The number of nitrogens with two attached hydrogens (primary N) is 2. The molecule has 0 bridgehead atoms. The van der Waals surface area contributed by atoms with Gasteiger partial charge in [-0.25, -0.2) is 0 Å². The number of nitrogen functional groups attached to an aromatic ring is 1.